The molecule has 25 heavy (non-hydrogen) atoms. The topological polar surface area (TPSA) is 43.7 Å². The van der Waals surface area contributed by atoms with Gasteiger partial charge in [-0.05, 0) is 46.0 Å². The average Bonchev–Trinajstić information content (AvgIpc) is 2.57. The largest absolute Gasteiger partial charge is 0.379 e. The van der Waals surface area contributed by atoms with Gasteiger partial charge in [0.05, 0.1) is 0 Å². The lowest BCUT2D eigenvalue weighted by molar-refractivity contribution is -0.0844. The fourth-order valence-electron chi connectivity index (χ4n) is 3.23. The Morgan fingerprint density at radius 3 is 1.48 bits per heavy atom. The first-order valence-electron chi connectivity index (χ1n) is 10.9. The number of hydrogen-bond acceptors (Lipinski definition) is 3. The van der Waals surface area contributed by atoms with E-state index in [0.29, 0.717) is 0 Å². The fourth-order valence-corrected chi connectivity index (χ4v) is 3.23. The molecule has 0 bridgehead atoms. The molecule has 0 heterocycles. The van der Waals surface area contributed by atoms with Gasteiger partial charge in [0, 0.05) is 6.54 Å². The summed E-state index contributed by atoms with van der Waals surface area (Å²) in [5, 5.41) is 19.1. The zero-order valence-electron chi connectivity index (χ0n) is 17.3. The molecule has 0 aliphatic rings. The van der Waals surface area contributed by atoms with Crippen LogP contribution in [0.2, 0.25) is 0 Å². The molecule has 0 aliphatic heterocycles. The van der Waals surface area contributed by atoms with Gasteiger partial charge in [-0.2, -0.15) is 0 Å². The van der Waals surface area contributed by atoms with Crippen LogP contribution in [0.5, 0.6) is 0 Å². The number of hydrogen-bond donors (Lipinski definition) is 2. The Balaban J connectivity index is 3.29. The van der Waals surface area contributed by atoms with E-state index in [-0.39, 0.29) is 0 Å². The molecule has 0 aliphatic carbocycles. The summed E-state index contributed by atoms with van der Waals surface area (Å²) in [7, 11) is 0. The standard InChI is InChI=1S/C22H45NO2/c1-4-5-6-7-8-9-10-11-12-13-14-15-16-17-18-19-20-23(21(2)24)22(3)25/h11-12,21-22,24-25H,4-10,13-20H2,1-3H3. The van der Waals surface area contributed by atoms with Gasteiger partial charge in [-0.15, -0.1) is 0 Å². The van der Waals surface area contributed by atoms with Gasteiger partial charge in [0.15, 0.2) is 0 Å². The normalized spacial score (nSPS) is 14.5. The molecule has 0 amide bonds. The quantitative estimate of drug-likeness (QED) is 0.180. The summed E-state index contributed by atoms with van der Waals surface area (Å²) in [5.74, 6) is 0. The SMILES string of the molecule is CCCCCCCCC=CCCCCCCCCN(C(C)O)C(C)O. The molecule has 3 nitrogen and oxygen atoms in total. The maximum Gasteiger partial charge on any atom is 0.106 e. The molecule has 0 saturated heterocycles. The third-order valence-electron chi connectivity index (χ3n) is 4.89. The zero-order chi connectivity index (χ0) is 18.8. The molecule has 0 rings (SSSR count). The Hall–Kier alpha value is -0.380. The zero-order valence-corrected chi connectivity index (χ0v) is 17.3. The summed E-state index contributed by atoms with van der Waals surface area (Å²) in [6.45, 7) is 6.47. The molecule has 3 heteroatoms. The van der Waals surface area contributed by atoms with E-state index >= 15 is 0 Å². The molecule has 0 aromatic heterocycles. The summed E-state index contributed by atoms with van der Waals surface area (Å²) in [6.07, 6.45) is 21.8. The first-order chi connectivity index (χ1) is 12.1. The summed E-state index contributed by atoms with van der Waals surface area (Å²) < 4.78 is 0. The summed E-state index contributed by atoms with van der Waals surface area (Å²) in [5.41, 5.74) is 0. The first-order valence-corrected chi connectivity index (χ1v) is 10.9. The van der Waals surface area contributed by atoms with Crippen LogP contribution in [0.3, 0.4) is 0 Å². The second-order valence-electron chi connectivity index (χ2n) is 7.44. The molecule has 2 atom stereocenters. The molecule has 0 saturated carbocycles. The number of aliphatic hydroxyl groups is 2. The Morgan fingerprint density at radius 2 is 1.04 bits per heavy atom. The van der Waals surface area contributed by atoms with E-state index in [1.54, 1.807) is 18.7 Å². The number of rotatable bonds is 18. The van der Waals surface area contributed by atoms with Crippen LogP contribution in [0.1, 0.15) is 111 Å². The van der Waals surface area contributed by atoms with Crippen LogP contribution < -0.4 is 0 Å². The minimum absolute atomic E-state index is 0.567. The lowest BCUT2D eigenvalue weighted by Gasteiger charge is -2.27. The highest BCUT2D eigenvalue weighted by molar-refractivity contribution is 4.81. The molecular weight excluding hydrogens is 310 g/mol. The van der Waals surface area contributed by atoms with Crippen molar-refractivity contribution in [1.82, 2.24) is 4.90 Å². The molecule has 0 spiro atoms. The van der Waals surface area contributed by atoms with Gasteiger partial charge >= 0.3 is 0 Å². The van der Waals surface area contributed by atoms with Crippen molar-refractivity contribution in [1.29, 1.82) is 0 Å². The molecule has 2 unspecified atom stereocenters. The van der Waals surface area contributed by atoms with Gasteiger partial charge in [0.1, 0.15) is 12.5 Å². The van der Waals surface area contributed by atoms with Gasteiger partial charge in [-0.1, -0.05) is 76.9 Å². The van der Waals surface area contributed by atoms with Crippen LogP contribution in [0.4, 0.5) is 0 Å². The van der Waals surface area contributed by atoms with Gasteiger partial charge < -0.3 is 10.2 Å². The fraction of sp³-hybridized carbons (Fsp3) is 0.909. The minimum Gasteiger partial charge on any atom is -0.379 e. The van der Waals surface area contributed by atoms with Gasteiger partial charge in [0.25, 0.3) is 0 Å². The summed E-state index contributed by atoms with van der Waals surface area (Å²) in [4.78, 5) is 1.73. The van der Waals surface area contributed by atoms with E-state index < -0.39 is 12.5 Å². The molecule has 150 valence electrons. The highest BCUT2D eigenvalue weighted by atomic mass is 16.3. The minimum atomic E-state index is -0.567. The predicted molar refractivity (Wildman–Crippen MR) is 110 cm³/mol. The Kier molecular flexibility index (Phi) is 18.1. The van der Waals surface area contributed by atoms with E-state index in [9.17, 15) is 10.2 Å². The van der Waals surface area contributed by atoms with Crippen molar-refractivity contribution < 1.29 is 10.2 Å². The third kappa shape index (κ3) is 16.8. The van der Waals surface area contributed by atoms with Crippen molar-refractivity contribution in [3.05, 3.63) is 12.2 Å². The second-order valence-corrected chi connectivity index (χ2v) is 7.44. The highest BCUT2D eigenvalue weighted by Gasteiger charge is 2.14. The summed E-state index contributed by atoms with van der Waals surface area (Å²) in [6, 6.07) is 0. The maximum absolute atomic E-state index is 9.57. The Bertz CT molecular complexity index is 282. The molecule has 0 aromatic carbocycles. The number of nitrogens with zero attached hydrogens (tertiary/aromatic N) is 1. The molecule has 0 aromatic rings. The van der Waals surface area contributed by atoms with Gasteiger partial charge in [0.2, 0.25) is 0 Å². The Labute approximate surface area is 157 Å². The van der Waals surface area contributed by atoms with Crippen LogP contribution in [0, 0.1) is 0 Å². The van der Waals surface area contributed by atoms with Crippen molar-refractivity contribution in [2.45, 2.75) is 123 Å². The van der Waals surface area contributed by atoms with Crippen LogP contribution in [-0.4, -0.2) is 34.1 Å². The Morgan fingerprint density at radius 1 is 0.640 bits per heavy atom. The second kappa shape index (κ2) is 18.4. The van der Waals surface area contributed by atoms with Crippen LogP contribution in [0.15, 0.2) is 12.2 Å². The van der Waals surface area contributed by atoms with Crippen molar-refractivity contribution in [3.63, 3.8) is 0 Å². The van der Waals surface area contributed by atoms with Crippen molar-refractivity contribution in [2.75, 3.05) is 6.54 Å². The van der Waals surface area contributed by atoms with E-state index in [0.717, 1.165) is 13.0 Å². The molecular formula is C22H45NO2. The highest BCUT2D eigenvalue weighted by Crippen LogP contribution is 2.11. The smallest absolute Gasteiger partial charge is 0.106 e. The molecule has 0 fully saturated rings. The lowest BCUT2D eigenvalue weighted by atomic mass is 10.1. The maximum atomic E-state index is 9.57. The molecule has 0 radical (unpaired) electrons. The molecule has 2 N–H and O–H groups in total. The van der Waals surface area contributed by atoms with E-state index in [1.165, 1.54) is 83.5 Å². The van der Waals surface area contributed by atoms with Crippen LogP contribution in [-0.2, 0) is 0 Å². The monoisotopic (exact) mass is 355 g/mol. The predicted octanol–water partition coefficient (Wildman–Crippen LogP) is 6.00. The van der Waals surface area contributed by atoms with Crippen molar-refractivity contribution in [3.8, 4) is 0 Å². The first kappa shape index (κ1) is 24.6. The number of aliphatic hydroxyl groups excluding tert-OH is 2. The number of unbranched alkanes of at least 4 members (excludes halogenated alkanes) is 12. The average molecular weight is 356 g/mol. The lowest BCUT2D eigenvalue weighted by Crippen LogP contribution is -2.40. The van der Waals surface area contributed by atoms with E-state index in [2.05, 4.69) is 19.1 Å². The van der Waals surface area contributed by atoms with E-state index in [4.69, 9.17) is 0 Å². The third-order valence-corrected chi connectivity index (χ3v) is 4.89. The van der Waals surface area contributed by atoms with E-state index in [1.807, 2.05) is 0 Å². The van der Waals surface area contributed by atoms with Crippen LogP contribution in [0.25, 0.3) is 0 Å². The van der Waals surface area contributed by atoms with Gasteiger partial charge in [-0.3, -0.25) is 4.90 Å². The van der Waals surface area contributed by atoms with Crippen LogP contribution >= 0.6 is 0 Å². The van der Waals surface area contributed by atoms with Crippen molar-refractivity contribution >= 4 is 0 Å². The number of allylic oxidation sites excluding steroid dienone is 2. The van der Waals surface area contributed by atoms with Gasteiger partial charge in [-0.25, -0.2) is 0 Å². The summed E-state index contributed by atoms with van der Waals surface area (Å²) >= 11 is 0. The van der Waals surface area contributed by atoms with Crippen molar-refractivity contribution in [2.24, 2.45) is 0 Å².